The highest BCUT2D eigenvalue weighted by molar-refractivity contribution is 7.90. The number of nitrogens with one attached hydrogen (secondary N) is 1. The van der Waals surface area contributed by atoms with Crippen molar-refractivity contribution in [2.24, 2.45) is 7.05 Å². The van der Waals surface area contributed by atoms with E-state index in [9.17, 15) is 13.2 Å². The summed E-state index contributed by atoms with van der Waals surface area (Å²) in [5, 5.41) is 6.67. The van der Waals surface area contributed by atoms with E-state index in [1.165, 1.54) is 11.7 Å². The smallest absolute Gasteiger partial charge is 0.269 e. The average molecular weight is 243 g/mol. The molecule has 7 heteroatoms. The minimum absolute atomic E-state index is 0.0844. The molecule has 1 aromatic rings. The summed E-state index contributed by atoms with van der Waals surface area (Å²) in [6, 6.07) is 0. The van der Waals surface area contributed by atoms with Gasteiger partial charge in [-0.25, -0.2) is 8.42 Å². The molecule has 0 bridgehead atoms. The standard InChI is InChI=1S/C9H13N3O3S/c1-10-9(13)8-6-5-16(14,15)4-3-7(6)11-12(8)2/h3-5H2,1-2H3,(H,10,13). The van der Waals surface area contributed by atoms with E-state index in [1.807, 2.05) is 0 Å². The minimum atomic E-state index is -3.08. The van der Waals surface area contributed by atoms with Crippen molar-refractivity contribution in [2.75, 3.05) is 12.8 Å². The predicted molar refractivity (Wildman–Crippen MR) is 57.8 cm³/mol. The van der Waals surface area contributed by atoms with Gasteiger partial charge in [-0.15, -0.1) is 0 Å². The van der Waals surface area contributed by atoms with Crippen molar-refractivity contribution in [3.05, 3.63) is 17.0 Å². The van der Waals surface area contributed by atoms with Crippen molar-refractivity contribution in [3.8, 4) is 0 Å². The Morgan fingerprint density at radius 2 is 2.19 bits per heavy atom. The number of aromatic nitrogens is 2. The van der Waals surface area contributed by atoms with Crippen molar-refractivity contribution in [3.63, 3.8) is 0 Å². The molecule has 1 amide bonds. The van der Waals surface area contributed by atoms with Crippen LogP contribution in [0.2, 0.25) is 0 Å². The van der Waals surface area contributed by atoms with Crippen LogP contribution in [0.5, 0.6) is 0 Å². The number of fused-ring (bicyclic) bond motifs is 1. The summed E-state index contributed by atoms with van der Waals surface area (Å²) in [6.07, 6.45) is 0.391. The van der Waals surface area contributed by atoms with Gasteiger partial charge in [-0.3, -0.25) is 9.48 Å². The fourth-order valence-corrected chi connectivity index (χ4v) is 3.31. The summed E-state index contributed by atoms with van der Waals surface area (Å²) < 4.78 is 24.5. The highest BCUT2D eigenvalue weighted by Gasteiger charge is 2.29. The molecule has 1 N–H and O–H groups in total. The van der Waals surface area contributed by atoms with E-state index in [4.69, 9.17) is 0 Å². The second-order valence-corrected chi connectivity index (χ2v) is 6.00. The topological polar surface area (TPSA) is 81.1 Å². The zero-order valence-corrected chi connectivity index (χ0v) is 9.97. The zero-order chi connectivity index (χ0) is 11.9. The molecule has 88 valence electrons. The molecule has 1 aromatic heterocycles. The van der Waals surface area contributed by atoms with Crippen LogP contribution in [0.4, 0.5) is 0 Å². The van der Waals surface area contributed by atoms with Crippen LogP contribution in [0.3, 0.4) is 0 Å². The monoisotopic (exact) mass is 243 g/mol. The molecule has 0 aliphatic carbocycles. The van der Waals surface area contributed by atoms with Gasteiger partial charge >= 0.3 is 0 Å². The Bertz CT molecular complexity index is 545. The molecule has 0 saturated carbocycles. The first-order chi connectivity index (χ1) is 7.44. The van der Waals surface area contributed by atoms with E-state index >= 15 is 0 Å². The van der Waals surface area contributed by atoms with Crippen molar-refractivity contribution in [1.29, 1.82) is 0 Å². The van der Waals surface area contributed by atoms with Gasteiger partial charge < -0.3 is 5.32 Å². The molecule has 0 unspecified atom stereocenters. The van der Waals surface area contributed by atoms with Gasteiger partial charge in [-0.1, -0.05) is 0 Å². The van der Waals surface area contributed by atoms with Crippen molar-refractivity contribution in [2.45, 2.75) is 12.2 Å². The Balaban J connectivity index is 2.56. The molecular formula is C9H13N3O3S. The molecule has 2 rings (SSSR count). The van der Waals surface area contributed by atoms with E-state index in [1.54, 1.807) is 7.05 Å². The first kappa shape index (κ1) is 11.1. The number of carbonyl (C=O) groups excluding carboxylic acids is 1. The molecule has 2 heterocycles. The number of nitrogens with zero attached hydrogens (tertiary/aromatic N) is 2. The molecule has 0 radical (unpaired) electrons. The zero-order valence-electron chi connectivity index (χ0n) is 9.15. The van der Waals surface area contributed by atoms with Gasteiger partial charge in [-0.05, 0) is 0 Å². The maximum atomic E-state index is 11.6. The molecule has 0 aromatic carbocycles. The lowest BCUT2D eigenvalue weighted by molar-refractivity contribution is 0.0953. The van der Waals surface area contributed by atoms with Crippen molar-refractivity contribution in [1.82, 2.24) is 15.1 Å². The van der Waals surface area contributed by atoms with Crippen LogP contribution in [0.25, 0.3) is 0 Å². The third-order valence-corrected chi connectivity index (χ3v) is 4.24. The number of rotatable bonds is 1. The second kappa shape index (κ2) is 3.58. The number of carbonyl (C=O) groups is 1. The Morgan fingerprint density at radius 3 is 2.81 bits per heavy atom. The molecule has 16 heavy (non-hydrogen) atoms. The van der Waals surface area contributed by atoms with Gasteiger partial charge in [0.1, 0.15) is 5.69 Å². The number of aryl methyl sites for hydroxylation is 2. The highest BCUT2D eigenvalue weighted by atomic mass is 32.2. The number of amides is 1. The van der Waals surface area contributed by atoms with E-state index in [0.29, 0.717) is 17.7 Å². The lowest BCUT2D eigenvalue weighted by Gasteiger charge is -2.11. The Morgan fingerprint density at radius 1 is 1.50 bits per heavy atom. The summed E-state index contributed by atoms with van der Waals surface area (Å²) in [5.74, 6) is -0.267. The highest BCUT2D eigenvalue weighted by Crippen LogP contribution is 2.23. The molecule has 0 spiro atoms. The Kier molecular flexibility index (Phi) is 2.49. The maximum absolute atomic E-state index is 11.6. The van der Waals surface area contributed by atoms with Gasteiger partial charge in [0.25, 0.3) is 5.91 Å². The van der Waals surface area contributed by atoms with Crippen LogP contribution in [-0.4, -0.2) is 36.9 Å². The van der Waals surface area contributed by atoms with Gasteiger partial charge in [0.15, 0.2) is 9.84 Å². The third kappa shape index (κ3) is 1.71. The molecule has 1 aliphatic rings. The molecular weight excluding hydrogens is 230 g/mol. The second-order valence-electron chi connectivity index (χ2n) is 3.82. The molecule has 1 aliphatic heterocycles. The SMILES string of the molecule is CNC(=O)c1c2c(nn1C)CCS(=O)(=O)C2. The normalized spacial score (nSPS) is 17.9. The van der Waals surface area contributed by atoms with Crippen LogP contribution >= 0.6 is 0 Å². The van der Waals surface area contributed by atoms with E-state index in [-0.39, 0.29) is 17.4 Å². The fourth-order valence-electron chi connectivity index (χ4n) is 1.92. The van der Waals surface area contributed by atoms with Gasteiger partial charge in [0, 0.05) is 26.1 Å². The van der Waals surface area contributed by atoms with Crippen molar-refractivity contribution >= 4 is 15.7 Å². The summed E-state index contributed by atoms with van der Waals surface area (Å²) in [7, 11) is 0.0809. The maximum Gasteiger partial charge on any atom is 0.269 e. The van der Waals surface area contributed by atoms with Crippen LogP contribution < -0.4 is 5.32 Å². The predicted octanol–water partition coefficient (Wildman–Crippen LogP) is -0.749. The van der Waals surface area contributed by atoms with E-state index in [2.05, 4.69) is 10.4 Å². The fraction of sp³-hybridized carbons (Fsp3) is 0.556. The number of hydrogen-bond acceptors (Lipinski definition) is 4. The third-order valence-electron chi connectivity index (χ3n) is 2.68. The van der Waals surface area contributed by atoms with Crippen LogP contribution in [0.1, 0.15) is 21.7 Å². The van der Waals surface area contributed by atoms with Gasteiger partial charge in [-0.2, -0.15) is 5.10 Å². The van der Waals surface area contributed by atoms with Crippen molar-refractivity contribution < 1.29 is 13.2 Å². The summed E-state index contributed by atoms with van der Waals surface area (Å²) >= 11 is 0. The van der Waals surface area contributed by atoms with Gasteiger partial charge in [0.2, 0.25) is 0 Å². The van der Waals surface area contributed by atoms with Crippen LogP contribution in [0, 0.1) is 0 Å². The Labute approximate surface area is 93.6 Å². The molecule has 6 nitrogen and oxygen atoms in total. The largest absolute Gasteiger partial charge is 0.354 e. The Hall–Kier alpha value is -1.37. The lowest BCUT2D eigenvalue weighted by Crippen LogP contribution is -2.25. The van der Waals surface area contributed by atoms with Gasteiger partial charge in [0.05, 0.1) is 17.2 Å². The molecule has 0 atom stereocenters. The summed E-state index contributed by atoms with van der Waals surface area (Å²) in [6.45, 7) is 0. The molecule has 0 saturated heterocycles. The first-order valence-corrected chi connectivity index (χ1v) is 6.74. The molecule has 0 fully saturated rings. The minimum Gasteiger partial charge on any atom is -0.354 e. The number of sulfone groups is 1. The summed E-state index contributed by atoms with van der Waals surface area (Å²) in [4.78, 5) is 11.6. The quantitative estimate of drug-likeness (QED) is 0.703. The van der Waals surface area contributed by atoms with Crippen LogP contribution in [0.15, 0.2) is 0 Å². The first-order valence-electron chi connectivity index (χ1n) is 4.92. The summed E-state index contributed by atoms with van der Waals surface area (Å²) in [5.41, 5.74) is 1.62. The van der Waals surface area contributed by atoms with E-state index in [0.717, 1.165) is 5.69 Å². The van der Waals surface area contributed by atoms with Crippen LogP contribution in [-0.2, 0) is 29.1 Å². The number of hydrogen-bond donors (Lipinski definition) is 1. The van der Waals surface area contributed by atoms with E-state index < -0.39 is 9.84 Å². The average Bonchev–Trinajstić information content (AvgIpc) is 2.51. The lowest BCUT2D eigenvalue weighted by atomic mass is 10.1.